The molecule has 0 saturated carbocycles. The topological polar surface area (TPSA) is 131 Å². The number of para-hydroxylation sites is 1. The third kappa shape index (κ3) is 6.23. The second-order valence-corrected chi connectivity index (χ2v) is 11.3. The molecule has 0 aliphatic carbocycles. The van der Waals surface area contributed by atoms with E-state index in [4.69, 9.17) is 26.5 Å². The van der Waals surface area contributed by atoms with Crippen molar-refractivity contribution >= 4 is 34.4 Å². The third-order valence-electron chi connectivity index (χ3n) is 8.29. The number of hydrogen-bond donors (Lipinski definition) is 3. The molecule has 4 aromatic carbocycles. The minimum Gasteiger partial charge on any atom is -0.477 e. The van der Waals surface area contributed by atoms with Crippen molar-refractivity contribution in [3.05, 3.63) is 192 Å². The van der Waals surface area contributed by atoms with Crippen LogP contribution in [0.2, 0.25) is 0 Å². The summed E-state index contributed by atoms with van der Waals surface area (Å²) >= 11 is 0. The van der Waals surface area contributed by atoms with Crippen LogP contribution in [0.15, 0.2) is 152 Å². The summed E-state index contributed by atoms with van der Waals surface area (Å²) in [7, 11) is 0. The Kier molecular flexibility index (Phi) is 9.81. The zero-order valence-corrected chi connectivity index (χ0v) is 29.0. The van der Waals surface area contributed by atoms with Crippen molar-refractivity contribution < 1.29 is 30.0 Å². The number of nitrogens with two attached hydrogens (primary N) is 2. The van der Waals surface area contributed by atoms with Gasteiger partial charge in [-0.05, 0) is 65.9 Å². The predicted molar refractivity (Wildman–Crippen MR) is 192 cm³/mol. The van der Waals surface area contributed by atoms with Gasteiger partial charge >= 0.3 is 5.97 Å². The first-order valence-electron chi connectivity index (χ1n) is 15.5. The van der Waals surface area contributed by atoms with Crippen LogP contribution in [0.25, 0.3) is 11.3 Å². The molecule has 1 radical (unpaired) electrons. The number of nitrogens with zero attached hydrogens (tertiary/aromatic N) is 4. The minimum atomic E-state index is -0.990. The molecule has 0 saturated heterocycles. The molecule has 0 fully saturated rings. The number of carboxylic acids is 1. The molecule has 0 spiro atoms. The molecule has 4 heterocycles. The Labute approximate surface area is 303 Å². The average molecular weight is 831 g/mol. The van der Waals surface area contributed by atoms with E-state index in [1.165, 1.54) is 12.3 Å². The third-order valence-corrected chi connectivity index (χ3v) is 8.29. The Hall–Kier alpha value is -6.15. The van der Waals surface area contributed by atoms with E-state index in [0.29, 0.717) is 11.4 Å². The van der Waals surface area contributed by atoms with Gasteiger partial charge < -0.3 is 21.5 Å². The van der Waals surface area contributed by atoms with Crippen molar-refractivity contribution in [3.8, 4) is 11.3 Å². The molecule has 50 heavy (non-hydrogen) atoms. The number of anilines is 5. The maximum absolute atomic E-state index is 10.1. The molecular formula is C41H30IrN6O2-2. The second kappa shape index (κ2) is 14.5. The van der Waals surface area contributed by atoms with Crippen molar-refractivity contribution in [3.63, 3.8) is 0 Å². The number of carboxylic acid groups (broad SMARTS) is 1. The van der Waals surface area contributed by atoms with Gasteiger partial charge in [0.25, 0.3) is 0 Å². The number of hydrogen-bond acceptors (Lipinski definition) is 7. The number of aromatic carboxylic acids is 1. The van der Waals surface area contributed by atoms with E-state index in [-0.39, 0.29) is 25.8 Å². The molecule has 8 nitrogen and oxygen atoms in total. The molecule has 3 aromatic heterocycles. The summed E-state index contributed by atoms with van der Waals surface area (Å²) in [5, 5.41) is 8.32. The molecule has 247 valence electrons. The first kappa shape index (κ1) is 33.7. The summed E-state index contributed by atoms with van der Waals surface area (Å²) in [5.41, 5.74) is 21.4. The van der Waals surface area contributed by atoms with Gasteiger partial charge in [-0.1, -0.05) is 59.9 Å². The Morgan fingerprint density at radius 3 is 2.10 bits per heavy atom. The van der Waals surface area contributed by atoms with Crippen LogP contribution in [0.5, 0.6) is 0 Å². The number of benzene rings is 4. The number of nitrogen functional groups attached to an aromatic ring is 2. The summed E-state index contributed by atoms with van der Waals surface area (Å²) in [5.74, 6) is -0.990. The zero-order chi connectivity index (χ0) is 33.8. The number of rotatable bonds is 5. The van der Waals surface area contributed by atoms with Gasteiger partial charge in [0.05, 0.1) is 11.1 Å². The Bertz CT molecular complexity index is 2180. The van der Waals surface area contributed by atoms with Crippen molar-refractivity contribution in [1.82, 2.24) is 15.0 Å². The molecule has 7 aromatic rings. The van der Waals surface area contributed by atoms with Crippen LogP contribution in [0, 0.1) is 12.1 Å². The van der Waals surface area contributed by atoms with Crippen LogP contribution in [0.4, 0.5) is 28.4 Å². The van der Waals surface area contributed by atoms with Crippen molar-refractivity contribution in [1.29, 1.82) is 0 Å². The summed E-state index contributed by atoms with van der Waals surface area (Å²) < 4.78 is 0. The number of carbonyl (C=O) groups is 1. The molecule has 5 N–H and O–H groups in total. The minimum absolute atomic E-state index is 0. The van der Waals surface area contributed by atoms with Crippen molar-refractivity contribution in [2.24, 2.45) is 0 Å². The fourth-order valence-corrected chi connectivity index (χ4v) is 6.23. The van der Waals surface area contributed by atoms with Gasteiger partial charge in [0.2, 0.25) is 0 Å². The van der Waals surface area contributed by atoms with Crippen molar-refractivity contribution in [2.75, 3.05) is 16.4 Å². The van der Waals surface area contributed by atoms with E-state index in [9.17, 15) is 4.79 Å². The van der Waals surface area contributed by atoms with Gasteiger partial charge in [-0.25, -0.2) is 9.78 Å². The zero-order valence-electron chi connectivity index (χ0n) is 26.6. The second-order valence-electron chi connectivity index (χ2n) is 11.3. The van der Waals surface area contributed by atoms with E-state index in [1.807, 2.05) is 97.2 Å². The van der Waals surface area contributed by atoms with E-state index in [2.05, 4.69) is 52.3 Å². The molecule has 0 amide bonds. The Balaban J connectivity index is 0.000000379. The fourth-order valence-electron chi connectivity index (χ4n) is 6.23. The van der Waals surface area contributed by atoms with E-state index >= 15 is 0 Å². The van der Waals surface area contributed by atoms with Crippen LogP contribution in [0.3, 0.4) is 0 Å². The average Bonchev–Trinajstić information content (AvgIpc) is 3.15. The monoisotopic (exact) mass is 831 g/mol. The van der Waals surface area contributed by atoms with Gasteiger partial charge in [0.15, 0.2) is 0 Å². The van der Waals surface area contributed by atoms with Crippen molar-refractivity contribution in [2.45, 2.75) is 5.41 Å². The predicted octanol–water partition coefficient (Wildman–Crippen LogP) is 7.85. The molecule has 8 rings (SSSR count). The molecule has 1 atom stereocenters. The Morgan fingerprint density at radius 2 is 1.42 bits per heavy atom. The molecule has 9 heteroatoms. The molecular weight excluding hydrogens is 801 g/mol. The summed E-state index contributed by atoms with van der Waals surface area (Å²) in [6, 6.07) is 51.7. The first-order valence-corrected chi connectivity index (χ1v) is 15.5. The van der Waals surface area contributed by atoms with Crippen LogP contribution in [-0.4, -0.2) is 26.0 Å². The first-order chi connectivity index (χ1) is 24.0. The Morgan fingerprint density at radius 1 is 0.700 bits per heavy atom. The summed E-state index contributed by atoms with van der Waals surface area (Å²) in [6.45, 7) is 0. The quantitative estimate of drug-likeness (QED) is 0.118. The van der Waals surface area contributed by atoms with Gasteiger partial charge in [-0.2, -0.15) is 12.1 Å². The van der Waals surface area contributed by atoms with Gasteiger partial charge in [0, 0.05) is 55.3 Å². The maximum atomic E-state index is 10.1. The fraction of sp³-hybridized carbons (Fsp3) is 0.0244. The van der Waals surface area contributed by atoms with Gasteiger partial charge in [0.1, 0.15) is 5.69 Å². The summed E-state index contributed by atoms with van der Waals surface area (Å²) in [6.07, 6.45) is 3.27. The van der Waals surface area contributed by atoms with Crippen LogP contribution < -0.4 is 16.4 Å². The van der Waals surface area contributed by atoms with E-state index in [1.54, 1.807) is 12.1 Å². The SMILES string of the molecule is Nc1c[c-]c2c(c1)N(c1ccccc1)c1cc(N)ccc1[C@]2(c1ccccn1)c1cccc(-c2[c-]cccc2)n1.O=C(O)c1ccccn1.[Ir]. The molecule has 1 aliphatic rings. The molecule has 0 unspecified atom stereocenters. The maximum Gasteiger partial charge on any atom is 0.354 e. The standard InChI is InChI=1S/C35H25N5.C6H5NO2.Ir/c36-25-17-19-28-31(22-25)40(27-12-5-2-6-13-27)32-23-26(37)18-20-29(32)35(28,33-15-7-8-21-38-33)34-16-9-14-30(39-34)24-10-3-1-4-11-24;8-6(9)5-3-1-2-4-7-5;/h1-10,12-19,21-23H,36-37H2;1-4H,(H,8,9);/q-2;;/t35-;;/m0../s1. The summed E-state index contributed by atoms with van der Waals surface area (Å²) in [4.78, 5) is 26.1. The number of pyridine rings is 3. The van der Waals surface area contributed by atoms with Gasteiger partial charge in [-0.3, -0.25) is 9.97 Å². The van der Waals surface area contributed by atoms with Crippen LogP contribution >= 0.6 is 0 Å². The van der Waals surface area contributed by atoms with Crippen LogP contribution in [-0.2, 0) is 25.5 Å². The normalized spacial score (nSPS) is 14.2. The number of fused-ring (bicyclic) bond motifs is 2. The van der Waals surface area contributed by atoms with Crippen LogP contribution in [0.1, 0.15) is 33.0 Å². The molecule has 0 bridgehead atoms. The van der Waals surface area contributed by atoms with E-state index in [0.717, 1.165) is 50.8 Å². The number of aromatic nitrogens is 3. The smallest absolute Gasteiger partial charge is 0.354 e. The van der Waals surface area contributed by atoms with Gasteiger partial charge in [-0.15, -0.1) is 47.5 Å². The van der Waals surface area contributed by atoms with E-state index < -0.39 is 11.4 Å². The molecule has 1 aliphatic heterocycles. The largest absolute Gasteiger partial charge is 0.477 e.